The Labute approximate surface area is 166 Å². The Morgan fingerprint density at radius 1 is 1.36 bits per heavy atom. The SMILES string of the molecule is CC1CC(NC=O)C(=O)N1CC#N.COc1ccc(C2=CCN(C)CC2)cc1. The second-order valence-corrected chi connectivity index (χ2v) is 7.02. The molecule has 1 aromatic carbocycles. The lowest BCUT2D eigenvalue weighted by Crippen LogP contribution is -2.38. The molecule has 0 spiro atoms. The zero-order valence-corrected chi connectivity index (χ0v) is 16.7. The Hall–Kier alpha value is -2.85. The maximum absolute atomic E-state index is 11.4. The van der Waals surface area contributed by atoms with E-state index in [1.165, 1.54) is 16.0 Å². The number of hydrogen-bond donors (Lipinski definition) is 1. The van der Waals surface area contributed by atoms with Gasteiger partial charge in [-0.2, -0.15) is 5.26 Å². The van der Waals surface area contributed by atoms with Gasteiger partial charge in [0.05, 0.1) is 13.2 Å². The Bertz CT molecular complexity index is 739. The molecule has 1 fully saturated rings. The minimum atomic E-state index is -0.444. The van der Waals surface area contributed by atoms with Gasteiger partial charge in [0.15, 0.2) is 0 Å². The molecule has 0 aliphatic carbocycles. The lowest BCUT2D eigenvalue weighted by molar-refractivity contribution is -0.131. The fourth-order valence-electron chi connectivity index (χ4n) is 3.36. The predicted molar refractivity (Wildman–Crippen MR) is 107 cm³/mol. The smallest absolute Gasteiger partial charge is 0.246 e. The summed E-state index contributed by atoms with van der Waals surface area (Å²) in [5, 5.41) is 10.9. The number of amides is 2. The highest BCUT2D eigenvalue weighted by Gasteiger charge is 2.36. The number of likely N-dealkylation sites (N-methyl/N-ethyl adjacent to an activating group) is 1. The first-order chi connectivity index (χ1) is 13.5. The molecule has 150 valence electrons. The van der Waals surface area contributed by atoms with E-state index in [1.807, 2.05) is 25.1 Å². The largest absolute Gasteiger partial charge is 0.497 e. The van der Waals surface area contributed by atoms with Crippen LogP contribution in [-0.4, -0.2) is 68.0 Å². The van der Waals surface area contributed by atoms with Crippen LogP contribution in [-0.2, 0) is 9.59 Å². The van der Waals surface area contributed by atoms with Gasteiger partial charge in [-0.15, -0.1) is 0 Å². The number of nitrogens with one attached hydrogen (secondary N) is 1. The molecule has 28 heavy (non-hydrogen) atoms. The molecular formula is C21H28N4O3. The van der Waals surface area contributed by atoms with Gasteiger partial charge in [0.25, 0.3) is 0 Å². The summed E-state index contributed by atoms with van der Waals surface area (Å²) in [5.41, 5.74) is 2.78. The van der Waals surface area contributed by atoms with Gasteiger partial charge in [-0.25, -0.2) is 0 Å². The highest BCUT2D eigenvalue weighted by atomic mass is 16.5. The van der Waals surface area contributed by atoms with Crippen LogP contribution in [0.2, 0.25) is 0 Å². The van der Waals surface area contributed by atoms with E-state index in [1.54, 1.807) is 7.11 Å². The van der Waals surface area contributed by atoms with Gasteiger partial charge in [-0.3, -0.25) is 9.59 Å². The first kappa shape index (κ1) is 21.5. The van der Waals surface area contributed by atoms with E-state index >= 15 is 0 Å². The maximum Gasteiger partial charge on any atom is 0.246 e. The molecule has 0 aromatic heterocycles. The third-order valence-corrected chi connectivity index (χ3v) is 5.07. The van der Waals surface area contributed by atoms with E-state index in [4.69, 9.17) is 10.00 Å². The molecule has 2 unspecified atom stereocenters. The molecule has 0 radical (unpaired) electrons. The molecule has 1 N–H and O–H groups in total. The third-order valence-electron chi connectivity index (χ3n) is 5.07. The molecule has 0 bridgehead atoms. The predicted octanol–water partition coefficient (Wildman–Crippen LogP) is 1.66. The first-order valence-electron chi connectivity index (χ1n) is 9.39. The quantitative estimate of drug-likeness (QED) is 0.616. The van der Waals surface area contributed by atoms with Crippen molar-refractivity contribution in [1.82, 2.24) is 15.1 Å². The highest BCUT2D eigenvalue weighted by molar-refractivity contribution is 5.86. The van der Waals surface area contributed by atoms with Crippen molar-refractivity contribution in [1.29, 1.82) is 5.26 Å². The van der Waals surface area contributed by atoms with Crippen LogP contribution in [0.1, 0.15) is 25.3 Å². The van der Waals surface area contributed by atoms with Crippen molar-refractivity contribution in [2.24, 2.45) is 0 Å². The number of nitrogens with zero attached hydrogens (tertiary/aromatic N) is 3. The third kappa shape index (κ3) is 5.57. The number of nitriles is 1. The second-order valence-electron chi connectivity index (χ2n) is 7.02. The van der Waals surface area contributed by atoms with E-state index in [2.05, 4.69) is 35.5 Å². The summed E-state index contributed by atoms with van der Waals surface area (Å²) in [4.78, 5) is 25.4. The van der Waals surface area contributed by atoms with Crippen molar-refractivity contribution in [2.75, 3.05) is 33.8 Å². The second kappa shape index (κ2) is 10.5. The number of carbonyl (C=O) groups excluding carboxylic acids is 2. The van der Waals surface area contributed by atoms with Gasteiger partial charge >= 0.3 is 0 Å². The van der Waals surface area contributed by atoms with Crippen LogP contribution in [0.15, 0.2) is 30.3 Å². The molecule has 2 aliphatic heterocycles. The van der Waals surface area contributed by atoms with Gasteiger partial charge in [0, 0.05) is 19.1 Å². The van der Waals surface area contributed by atoms with E-state index in [-0.39, 0.29) is 18.5 Å². The van der Waals surface area contributed by atoms with E-state index < -0.39 is 6.04 Å². The fraction of sp³-hybridized carbons (Fsp3) is 0.476. The number of ether oxygens (including phenoxy) is 1. The Kier molecular flexibility index (Phi) is 8.02. The summed E-state index contributed by atoms with van der Waals surface area (Å²) in [7, 11) is 3.85. The summed E-state index contributed by atoms with van der Waals surface area (Å²) >= 11 is 0. The van der Waals surface area contributed by atoms with Crippen LogP contribution in [0, 0.1) is 11.3 Å². The molecule has 0 saturated carbocycles. The molecule has 3 rings (SSSR count). The number of benzene rings is 1. The summed E-state index contributed by atoms with van der Waals surface area (Å²) < 4.78 is 5.15. The maximum atomic E-state index is 11.4. The topological polar surface area (TPSA) is 85.7 Å². The minimum absolute atomic E-state index is 0.0320. The molecule has 2 amide bonds. The highest BCUT2D eigenvalue weighted by Crippen LogP contribution is 2.23. The van der Waals surface area contributed by atoms with Gasteiger partial charge in [-0.05, 0) is 50.1 Å². The Balaban J connectivity index is 0.000000203. The van der Waals surface area contributed by atoms with Gasteiger partial charge < -0.3 is 19.9 Å². The molecule has 7 nitrogen and oxygen atoms in total. The number of hydrogen-bond acceptors (Lipinski definition) is 5. The molecule has 2 heterocycles. The Morgan fingerprint density at radius 3 is 2.61 bits per heavy atom. The van der Waals surface area contributed by atoms with E-state index in [0.717, 1.165) is 25.3 Å². The Morgan fingerprint density at radius 2 is 2.07 bits per heavy atom. The molecular weight excluding hydrogens is 356 g/mol. The van der Waals surface area contributed by atoms with Crippen molar-refractivity contribution in [3.05, 3.63) is 35.9 Å². The molecule has 1 saturated heterocycles. The molecule has 1 aromatic rings. The van der Waals surface area contributed by atoms with Crippen molar-refractivity contribution in [3.8, 4) is 11.8 Å². The number of methoxy groups -OCH3 is 1. The fourth-order valence-corrected chi connectivity index (χ4v) is 3.36. The standard InChI is InChI=1S/C13H17NO.C8H11N3O2/c1-14-9-7-12(8-10-14)11-3-5-13(15-2)6-4-11;1-6-4-7(10-5-12)8(13)11(6)3-2-9/h3-7H,8-10H2,1-2H3;5-7H,3-4H2,1H3,(H,10,12). The average molecular weight is 384 g/mol. The molecule has 2 atom stereocenters. The van der Waals surface area contributed by atoms with Gasteiger partial charge in [-0.1, -0.05) is 18.2 Å². The zero-order chi connectivity index (χ0) is 20.5. The van der Waals surface area contributed by atoms with Crippen LogP contribution in [0.25, 0.3) is 5.57 Å². The number of likely N-dealkylation sites (tertiary alicyclic amines) is 1. The molecule has 2 aliphatic rings. The summed E-state index contributed by atoms with van der Waals surface area (Å²) in [6.07, 6.45) is 4.55. The van der Waals surface area contributed by atoms with Crippen molar-refractivity contribution < 1.29 is 14.3 Å². The summed E-state index contributed by atoms with van der Waals surface area (Å²) in [6, 6.07) is 9.82. The monoisotopic (exact) mass is 384 g/mol. The van der Waals surface area contributed by atoms with Crippen LogP contribution >= 0.6 is 0 Å². The van der Waals surface area contributed by atoms with Crippen molar-refractivity contribution in [2.45, 2.75) is 31.8 Å². The number of carbonyl (C=O) groups is 2. The van der Waals surface area contributed by atoms with Crippen molar-refractivity contribution in [3.63, 3.8) is 0 Å². The van der Waals surface area contributed by atoms with Crippen LogP contribution in [0.5, 0.6) is 5.75 Å². The van der Waals surface area contributed by atoms with Crippen LogP contribution in [0.3, 0.4) is 0 Å². The first-order valence-corrected chi connectivity index (χ1v) is 9.39. The average Bonchev–Trinajstić information content (AvgIpc) is 2.97. The summed E-state index contributed by atoms with van der Waals surface area (Å²) in [6.45, 7) is 4.16. The zero-order valence-electron chi connectivity index (χ0n) is 16.7. The van der Waals surface area contributed by atoms with Crippen LogP contribution < -0.4 is 10.1 Å². The van der Waals surface area contributed by atoms with E-state index in [0.29, 0.717) is 12.8 Å². The molecule has 7 heteroatoms. The lowest BCUT2D eigenvalue weighted by Gasteiger charge is -2.22. The minimum Gasteiger partial charge on any atom is -0.497 e. The number of rotatable bonds is 5. The summed E-state index contributed by atoms with van der Waals surface area (Å²) in [5.74, 6) is 0.758. The van der Waals surface area contributed by atoms with Gasteiger partial charge in [0.2, 0.25) is 12.3 Å². The van der Waals surface area contributed by atoms with Crippen LogP contribution in [0.4, 0.5) is 0 Å². The van der Waals surface area contributed by atoms with E-state index in [9.17, 15) is 9.59 Å². The normalized spacial score (nSPS) is 21.9. The lowest BCUT2D eigenvalue weighted by atomic mass is 10.00. The van der Waals surface area contributed by atoms with Crippen molar-refractivity contribution >= 4 is 17.9 Å². The van der Waals surface area contributed by atoms with Gasteiger partial charge in [0.1, 0.15) is 18.3 Å².